The van der Waals surface area contributed by atoms with Crippen molar-refractivity contribution in [1.29, 1.82) is 0 Å². The van der Waals surface area contributed by atoms with E-state index >= 15 is 0 Å². The highest BCUT2D eigenvalue weighted by Gasteiger charge is 2.21. The molecule has 150 valence electrons. The summed E-state index contributed by atoms with van der Waals surface area (Å²) in [5, 5.41) is 6.06. The van der Waals surface area contributed by atoms with E-state index in [4.69, 9.17) is 10.5 Å². The summed E-state index contributed by atoms with van der Waals surface area (Å²) in [4.78, 5) is 26.8. The molecule has 1 fully saturated rings. The first-order chi connectivity index (χ1) is 12.7. The van der Waals surface area contributed by atoms with Gasteiger partial charge in [-0.3, -0.25) is 0 Å². The number of ether oxygens (including phenoxy) is 1. The van der Waals surface area contributed by atoms with E-state index in [9.17, 15) is 9.59 Å². The van der Waals surface area contributed by atoms with Crippen molar-refractivity contribution >= 4 is 18.4 Å². The summed E-state index contributed by atoms with van der Waals surface area (Å²) in [5.41, 5.74) is 6.59. The molecule has 1 amide bonds. The lowest BCUT2D eigenvalue weighted by molar-refractivity contribution is -0.142. The van der Waals surface area contributed by atoms with Crippen molar-refractivity contribution in [2.45, 2.75) is 71.4 Å². The minimum absolute atomic E-state index is 0.206. The highest BCUT2D eigenvalue weighted by Crippen LogP contribution is 2.18. The van der Waals surface area contributed by atoms with Gasteiger partial charge in [0, 0.05) is 6.04 Å². The molecule has 1 aliphatic rings. The van der Waals surface area contributed by atoms with Gasteiger partial charge in [0.15, 0.2) is 0 Å². The predicted molar refractivity (Wildman–Crippen MR) is 105 cm³/mol. The largest absolute Gasteiger partial charge is 0.444 e. The van der Waals surface area contributed by atoms with Crippen molar-refractivity contribution in [3.63, 3.8) is 0 Å². The van der Waals surface area contributed by atoms with Crippen molar-refractivity contribution in [3.05, 3.63) is 35.4 Å². The molecule has 0 bridgehead atoms. The predicted octanol–water partition coefficient (Wildman–Crippen LogP) is 3.44. The van der Waals surface area contributed by atoms with Crippen LogP contribution < -0.4 is 11.1 Å². The molecule has 0 saturated heterocycles. The van der Waals surface area contributed by atoms with Gasteiger partial charge in [0.1, 0.15) is 11.9 Å². The number of hydrogen-bond acceptors (Lipinski definition) is 5. The maximum Gasteiger partial charge on any atom is 0.407 e. The molecule has 0 aliphatic heterocycles. The van der Waals surface area contributed by atoms with Crippen LogP contribution in [0, 0.1) is 6.92 Å². The third kappa shape index (κ3) is 10.9. The summed E-state index contributed by atoms with van der Waals surface area (Å²) in [6, 6.07) is 7.98. The minimum Gasteiger partial charge on any atom is -0.444 e. The number of oxime groups is 1. The summed E-state index contributed by atoms with van der Waals surface area (Å²) in [7, 11) is 0. The van der Waals surface area contributed by atoms with E-state index < -0.39 is 5.97 Å². The standard InChI is InChI=1S/C10H12N2O2.C10H19NO2/c1-8-2-4-9(5-3-8)6-10(13)14-12-7-11;1-10(2,3)13-9(12)11-8-6-4-5-7-8/h2-5,7H,6H2,1H3,(H2,11,12);8H,4-7H2,1-3H3,(H,11,12). The Bertz CT molecular complexity index is 615. The Morgan fingerprint density at radius 2 is 1.81 bits per heavy atom. The van der Waals surface area contributed by atoms with E-state index in [1.165, 1.54) is 12.8 Å². The smallest absolute Gasteiger partial charge is 0.407 e. The summed E-state index contributed by atoms with van der Waals surface area (Å²) < 4.78 is 5.15. The quantitative estimate of drug-likeness (QED) is 0.362. The highest BCUT2D eigenvalue weighted by molar-refractivity contribution is 5.73. The summed E-state index contributed by atoms with van der Waals surface area (Å²) in [6.07, 6.45) is 5.50. The molecule has 1 aromatic rings. The molecule has 1 aliphatic carbocycles. The van der Waals surface area contributed by atoms with Crippen LogP contribution in [-0.2, 0) is 20.8 Å². The third-order valence-electron chi connectivity index (χ3n) is 3.76. The molecule has 0 unspecified atom stereocenters. The van der Waals surface area contributed by atoms with E-state index in [-0.39, 0.29) is 18.1 Å². The zero-order valence-electron chi connectivity index (χ0n) is 16.7. The molecule has 7 nitrogen and oxygen atoms in total. The van der Waals surface area contributed by atoms with Crippen LogP contribution in [0.5, 0.6) is 0 Å². The average Bonchev–Trinajstić information content (AvgIpc) is 3.07. The second-order valence-electron chi connectivity index (χ2n) is 7.51. The van der Waals surface area contributed by atoms with Gasteiger partial charge in [0.25, 0.3) is 0 Å². The van der Waals surface area contributed by atoms with Crippen LogP contribution in [0.2, 0.25) is 0 Å². The Kier molecular flexibility index (Phi) is 9.33. The normalized spacial score (nSPS) is 14.4. The van der Waals surface area contributed by atoms with Crippen molar-refractivity contribution in [2.75, 3.05) is 0 Å². The topological polar surface area (TPSA) is 103 Å². The number of carbonyl (C=O) groups excluding carboxylic acids is 2. The van der Waals surface area contributed by atoms with Crippen LogP contribution in [0.3, 0.4) is 0 Å². The Morgan fingerprint density at radius 3 is 2.33 bits per heavy atom. The number of nitrogens with one attached hydrogen (secondary N) is 1. The molecule has 0 aromatic heterocycles. The van der Waals surface area contributed by atoms with Gasteiger partial charge in [-0.1, -0.05) is 47.8 Å². The van der Waals surface area contributed by atoms with E-state index in [1.807, 2.05) is 52.0 Å². The van der Waals surface area contributed by atoms with Gasteiger partial charge in [-0.2, -0.15) is 0 Å². The molecular formula is C20H31N3O4. The lowest BCUT2D eigenvalue weighted by atomic mass is 10.1. The first-order valence-electron chi connectivity index (χ1n) is 9.18. The number of amides is 1. The van der Waals surface area contributed by atoms with Gasteiger partial charge >= 0.3 is 12.1 Å². The molecule has 0 heterocycles. The second-order valence-corrected chi connectivity index (χ2v) is 7.51. The zero-order chi connectivity index (χ0) is 20.3. The van der Waals surface area contributed by atoms with Crippen molar-refractivity contribution in [2.24, 2.45) is 10.9 Å². The van der Waals surface area contributed by atoms with Crippen molar-refractivity contribution < 1.29 is 19.2 Å². The minimum atomic E-state index is -0.421. The van der Waals surface area contributed by atoms with Crippen LogP contribution >= 0.6 is 0 Å². The molecule has 2 rings (SSSR count). The fourth-order valence-corrected chi connectivity index (χ4v) is 2.54. The molecule has 0 radical (unpaired) electrons. The van der Waals surface area contributed by atoms with Crippen LogP contribution in [-0.4, -0.2) is 30.0 Å². The van der Waals surface area contributed by atoms with E-state index in [0.717, 1.165) is 30.3 Å². The first-order valence-corrected chi connectivity index (χ1v) is 9.18. The van der Waals surface area contributed by atoms with Crippen LogP contribution in [0.4, 0.5) is 4.79 Å². The van der Waals surface area contributed by atoms with E-state index in [0.29, 0.717) is 6.04 Å². The Morgan fingerprint density at radius 1 is 1.22 bits per heavy atom. The van der Waals surface area contributed by atoms with Gasteiger partial charge in [0.05, 0.1) is 6.42 Å². The monoisotopic (exact) mass is 377 g/mol. The SMILES string of the molecule is CC(C)(C)OC(=O)NC1CCCC1.Cc1ccc(CC(=O)O/N=C\N)cc1. The third-order valence-corrected chi connectivity index (χ3v) is 3.76. The first kappa shape index (κ1) is 22.5. The number of nitrogens with two attached hydrogens (primary N) is 1. The Balaban J connectivity index is 0.000000271. The molecule has 1 saturated carbocycles. The second kappa shape index (κ2) is 11.2. The van der Waals surface area contributed by atoms with Crippen molar-refractivity contribution in [1.82, 2.24) is 5.32 Å². The van der Waals surface area contributed by atoms with Crippen molar-refractivity contribution in [3.8, 4) is 0 Å². The van der Waals surface area contributed by atoms with Gasteiger partial charge < -0.3 is 20.6 Å². The number of rotatable bonds is 4. The zero-order valence-corrected chi connectivity index (χ0v) is 16.7. The van der Waals surface area contributed by atoms with E-state index in [2.05, 4.69) is 15.3 Å². The molecule has 27 heavy (non-hydrogen) atoms. The van der Waals surface area contributed by atoms with Crippen LogP contribution in [0.1, 0.15) is 57.6 Å². The molecule has 0 spiro atoms. The summed E-state index contributed by atoms with van der Waals surface area (Å²) in [6.45, 7) is 7.62. The van der Waals surface area contributed by atoms with Gasteiger partial charge in [-0.15, -0.1) is 0 Å². The highest BCUT2D eigenvalue weighted by atomic mass is 16.7. The summed E-state index contributed by atoms with van der Waals surface area (Å²) in [5.74, 6) is -0.421. The molecule has 3 N–H and O–H groups in total. The maximum atomic E-state index is 11.3. The Hall–Kier alpha value is -2.57. The molecule has 0 atom stereocenters. The number of hydrogen-bond donors (Lipinski definition) is 2. The number of benzene rings is 1. The fourth-order valence-electron chi connectivity index (χ4n) is 2.54. The van der Waals surface area contributed by atoms with Gasteiger partial charge in [-0.25, -0.2) is 9.59 Å². The fraction of sp³-hybridized carbons (Fsp3) is 0.550. The molecule has 1 aromatic carbocycles. The van der Waals surface area contributed by atoms with Crippen LogP contribution in [0.25, 0.3) is 0 Å². The maximum absolute atomic E-state index is 11.3. The number of carbonyl (C=O) groups is 2. The van der Waals surface area contributed by atoms with Gasteiger partial charge in [-0.05, 0) is 46.1 Å². The lowest BCUT2D eigenvalue weighted by Gasteiger charge is -2.21. The van der Waals surface area contributed by atoms with Gasteiger partial charge in [0.2, 0.25) is 0 Å². The number of aryl methyl sites for hydroxylation is 1. The number of nitrogens with zero attached hydrogens (tertiary/aromatic N) is 1. The lowest BCUT2D eigenvalue weighted by Crippen LogP contribution is -2.37. The Labute approximate surface area is 161 Å². The number of alkyl carbamates (subject to hydrolysis) is 1. The van der Waals surface area contributed by atoms with Crippen LogP contribution in [0.15, 0.2) is 29.4 Å². The summed E-state index contributed by atoms with van der Waals surface area (Å²) >= 11 is 0. The molecule has 7 heteroatoms. The molecular weight excluding hydrogens is 346 g/mol. The average molecular weight is 377 g/mol. The van der Waals surface area contributed by atoms with E-state index in [1.54, 1.807) is 0 Å².